The second kappa shape index (κ2) is 13.4. The Morgan fingerprint density at radius 3 is 1.81 bits per heavy atom. The molecule has 2 aliphatic heterocycles. The van der Waals surface area contributed by atoms with Gasteiger partial charge in [0.05, 0.1) is 19.8 Å². The van der Waals surface area contributed by atoms with Crippen LogP contribution in [0.15, 0.2) is 0 Å². The molecule has 0 spiro atoms. The standard InChI is InChI=1S/C19H31NO16/c20-1-5(22)9(24)13(28)10(25)6(23)3-33-18-17(32)15(30)12(27)8(36-18)4-34-19-16(31)14(29)11(26)7(2-21)35-19/h6-19,21,23-32H,2-4H2/t6-,7-,8-,9+,10-,11-,12-,13-,14+,15+,16-,17-,18+,19+/m1/s1. The van der Waals surface area contributed by atoms with E-state index in [-0.39, 0.29) is 0 Å². The molecule has 36 heavy (non-hydrogen) atoms. The molecule has 2 aliphatic rings. The van der Waals surface area contributed by atoms with Crippen LogP contribution in [0.4, 0.5) is 0 Å². The lowest BCUT2D eigenvalue weighted by Crippen LogP contribution is -2.62. The number of Topliss-reactive ketones (excluding diaryl/α,β-unsaturated/α-hetero) is 1. The summed E-state index contributed by atoms with van der Waals surface area (Å²) in [6.07, 6.45) is -25.5. The van der Waals surface area contributed by atoms with Crippen molar-refractivity contribution < 1.29 is 79.9 Å². The van der Waals surface area contributed by atoms with Gasteiger partial charge in [0, 0.05) is 0 Å². The molecule has 0 aromatic heterocycles. The van der Waals surface area contributed by atoms with Gasteiger partial charge in [0.1, 0.15) is 73.2 Å². The van der Waals surface area contributed by atoms with Gasteiger partial charge in [-0.25, -0.2) is 0 Å². The predicted molar refractivity (Wildman–Crippen MR) is 107 cm³/mol. The molecule has 208 valence electrons. The summed E-state index contributed by atoms with van der Waals surface area (Å²) in [5, 5.41) is 117. The lowest BCUT2D eigenvalue weighted by molar-refractivity contribution is -0.333. The van der Waals surface area contributed by atoms with E-state index in [4.69, 9.17) is 24.2 Å². The molecule has 0 saturated carbocycles. The monoisotopic (exact) mass is 529 g/mol. The number of aliphatic hydroxyl groups excluding tert-OH is 11. The maximum atomic E-state index is 11.1. The summed E-state index contributed by atoms with van der Waals surface area (Å²) in [5.41, 5.74) is 0. The number of ether oxygens (including phenoxy) is 4. The number of carbonyl (C=O) groups excluding carboxylic acids is 1. The Morgan fingerprint density at radius 1 is 0.778 bits per heavy atom. The van der Waals surface area contributed by atoms with E-state index in [9.17, 15) is 61.0 Å². The minimum absolute atomic E-state index is 0.639. The summed E-state index contributed by atoms with van der Waals surface area (Å²) in [6.45, 7) is -2.25. The van der Waals surface area contributed by atoms with E-state index in [2.05, 4.69) is 0 Å². The first kappa shape index (κ1) is 30.8. The highest BCUT2D eigenvalue weighted by atomic mass is 16.7. The largest absolute Gasteiger partial charge is 0.394 e. The van der Waals surface area contributed by atoms with Crippen LogP contribution < -0.4 is 0 Å². The van der Waals surface area contributed by atoms with Crippen molar-refractivity contribution in [2.75, 3.05) is 19.8 Å². The average Bonchev–Trinajstić information content (AvgIpc) is 2.88. The van der Waals surface area contributed by atoms with Crippen LogP contribution in [-0.4, -0.2) is 168 Å². The number of ketones is 1. The maximum absolute atomic E-state index is 11.1. The highest BCUT2D eigenvalue weighted by Gasteiger charge is 2.47. The van der Waals surface area contributed by atoms with Gasteiger partial charge in [0.2, 0.25) is 0 Å². The Hall–Kier alpha value is -1.44. The quantitative estimate of drug-likeness (QED) is 0.111. The number of hydrogen-bond acceptors (Lipinski definition) is 17. The number of aliphatic hydroxyl groups is 11. The molecule has 0 bridgehead atoms. The topological polar surface area (TPSA) is 300 Å². The van der Waals surface area contributed by atoms with Crippen molar-refractivity contribution >= 4 is 5.78 Å². The fourth-order valence-corrected chi connectivity index (χ4v) is 3.51. The summed E-state index contributed by atoms with van der Waals surface area (Å²) < 4.78 is 20.8. The first-order chi connectivity index (χ1) is 16.8. The van der Waals surface area contributed by atoms with Crippen molar-refractivity contribution in [2.24, 2.45) is 0 Å². The van der Waals surface area contributed by atoms with Crippen LogP contribution in [0.3, 0.4) is 0 Å². The molecule has 17 nitrogen and oxygen atoms in total. The van der Waals surface area contributed by atoms with Crippen molar-refractivity contribution in [3.8, 4) is 6.07 Å². The Bertz CT molecular complexity index is 749. The summed E-state index contributed by atoms with van der Waals surface area (Å²) in [7, 11) is 0. The highest BCUT2D eigenvalue weighted by Crippen LogP contribution is 2.26. The molecule has 11 N–H and O–H groups in total. The van der Waals surface area contributed by atoms with Crippen molar-refractivity contribution in [3.63, 3.8) is 0 Å². The molecule has 2 rings (SSSR count). The molecular weight excluding hydrogens is 498 g/mol. The summed E-state index contributed by atoms with van der Waals surface area (Å²) >= 11 is 0. The molecule has 0 unspecified atom stereocenters. The molecule has 0 aromatic rings. The average molecular weight is 529 g/mol. The smallest absolute Gasteiger partial charge is 0.262 e. The number of hydrogen-bond donors (Lipinski definition) is 11. The summed E-state index contributed by atoms with van der Waals surface area (Å²) in [4.78, 5) is 11.1. The van der Waals surface area contributed by atoms with Gasteiger partial charge >= 0.3 is 0 Å². The molecule has 17 heteroatoms. The number of nitrogens with zero attached hydrogens (tertiary/aromatic N) is 1. The minimum atomic E-state index is -2.32. The van der Waals surface area contributed by atoms with Crippen LogP contribution in [0.1, 0.15) is 0 Å². The highest BCUT2D eigenvalue weighted by molar-refractivity contribution is 5.97. The van der Waals surface area contributed by atoms with E-state index in [0.717, 1.165) is 6.07 Å². The van der Waals surface area contributed by atoms with Gasteiger partial charge in [0.25, 0.3) is 5.78 Å². The van der Waals surface area contributed by atoms with Gasteiger partial charge in [0.15, 0.2) is 18.7 Å². The molecule has 14 atom stereocenters. The number of nitriles is 1. The first-order valence-corrected chi connectivity index (χ1v) is 10.7. The lowest BCUT2D eigenvalue weighted by atomic mass is 9.98. The molecule has 2 saturated heterocycles. The Kier molecular flexibility index (Phi) is 11.4. The van der Waals surface area contributed by atoms with Crippen LogP contribution in [0.25, 0.3) is 0 Å². The maximum Gasteiger partial charge on any atom is 0.262 e. The van der Waals surface area contributed by atoms with Gasteiger partial charge in [-0.05, 0) is 0 Å². The summed E-state index contributed by atoms with van der Waals surface area (Å²) in [6, 6.07) is 1.04. The third kappa shape index (κ3) is 6.90. The minimum Gasteiger partial charge on any atom is -0.394 e. The summed E-state index contributed by atoms with van der Waals surface area (Å²) in [5.74, 6) is -1.47. The lowest BCUT2D eigenvalue weighted by Gasteiger charge is -2.42. The molecule has 0 amide bonds. The van der Waals surface area contributed by atoms with Crippen molar-refractivity contribution in [2.45, 2.75) is 85.8 Å². The fourth-order valence-electron chi connectivity index (χ4n) is 3.51. The molecule has 2 fully saturated rings. The van der Waals surface area contributed by atoms with Crippen LogP contribution in [0.5, 0.6) is 0 Å². The van der Waals surface area contributed by atoms with E-state index in [1.54, 1.807) is 0 Å². The van der Waals surface area contributed by atoms with E-state index < -0.39 is 111 Å². The molecule has 0 aliphatic carbocycles. The third-order valence-electron chi connectivity index (χ3n) is 5.82. The zero-order chi connectivity index (χ0) is 27.3. The normalized spacial score (nSPS) is 40.6. The van der Waals surface area contributed by atoms with Gasteiger partial charge in [-0.15, -0.1) is 0 Å². The number of carbonyl (C=O) groups is 1. The second-order valence-corrected chi connectivity index (χ2v) is 8.35. The van der Waals surface area contributed by atoms with Gasteiger partial charge < -0.3 is 75.1 Å². The Labute approximate surface area is 203 Å². The molecule has 0 aromatic carbocycles. The molecular formula is C19H31NO16. The van der Waals surface area contributed by atoms with Crippen molar-refractivity contribution in [1.82, 2.24) is 0 Å². The van der Waals surface area contributed by atoms with Gasteiger partial charge in [-0.3, -0.25) is 4.79 Å². The van der Waals surface area contributed by atoms with E-state index in [1.807, 2.05) is 0 Å². The Morgan fingerprint density at radius 2 is 1.28 bits per heavy atom. The SMILES string of the molecule is N#CC(=O)[C@H](O)[C@@H](O)[C@H](O)[C@H](O)CO[C@H]1O[C@H](CO[C@H]2O[C@H](CO)[C@@H](O)[C@H](O)[C@H]2O)[C@@H](O)[C@H](O)[C@H]1O. The second-order valence-electron chi connectivity index (χ2n) is 8.35. The molecule has 2 heterocycles. The van der Waals surface area contributed by atoms with E-state index in [1.165, 1.54) is 0 Å². The zero-order valence-corrected chi connectivity index (χ0v) is 18.6. The predicted octanol–water partition coefficient (Wildman–Crippen LogP) is -7.84. The van der Waals surface area contributed by atoms with Crippen LogP contribution >= 0.6 is 0 Å². The van der Waals surface area contributed by atoms with Crippen LogP contribution in [0.2, 0.25) is 0 Å². The van der Waals surface area contributed by atoms with Gasteiger partial charge in [-0.2, -0.15) is 5.26 Å². The van der Waals surface area contributed by atoms with Crippen LogP contribution in [0, 0.1) is 11.3 Å². The third-order valence-corrected chi connectivity index (χ3v) is 5.82. The fraction of sp³-hybridized carbons (Fsp3) is 0.895. The van der Waals surface area contributed by atoms with E-state index in [0.29, 0.717) is 0 Å². The van der Waals surface area contributed by atoms with Gasteiger partial charge in [-0.1, -0.05) is 0 Å². The van der Waals surface area contributed by atoms with Crippen LogP contribution in [-0.2, 0) is 23.7 Å². The Balaban J connectivity index is 1.96. The first-order valence-electron chi connectivity index (χ1n) is 10.7. The van der Waals surface area contributed by atoms with E-state index >= 15 is 0 Å². The van der Waals surface area contributed by atoms with Crippen molar-refractivity contribution in [1.29, 1.82) is 5.26 Å². The molecule has 0 radical (unpaired) electrons. The van der Waals surface area contributed by atoms with Crippen molar-refractivity contribution in [3.05, 3.63) is 0 Å². The number of rotatable bonds is 11. The zero-order valence-electron chi connectivity index (χ0n) is 18.6.